The van der Waals surface area contributed by atoms with Gasteiger partial charge in [-0.2, -0.15) is 13.2 Å². The molecule has 15 heavy (non-hydrogen) atoms. The third-order valence-corrected chi connectivity index (χ3v) is 2.78. The van der Waals surface area contributed by atoms with Crippen LogP contribution in [0.15, 0.2) is 12.4 Å². The Morgan fingerprint density at radius 1 is 1.33 bits per heavy atom. The molecule has 0 radical (unpaired) electrons. The van der Waals surface area contributed by atoms with E-state index in [0.29, 0.717) is 11.7 Å². The summed E-state index contributed by atoms with van der Waals surface area (Å²) in [4.78, 5) is 7.55. The maximum atomic E-state index is 12.2. The summed E-state index contributed by atoms with van der Waals surface area (Å²) in [6, 6.07) is 0. The molecule has 0 N–H and O–H groups in total. The second-order valence-corrected chi connectivity index (χ2v) is 3.84. The molecule has 82 valence electrons. The molecule has 0 saturated heterocycles. The van der Waals surface area contributed by atoms with Crippen molar-refractivity contribution in [3.63, 3.8) is 0 Å². The van der Waals surface area contributed by atoms with Crippen LogP contribution in [0.4, 0.5) is 13.2 Å². The predicted molar refractivity (Wildman–Crippen MR) is 48.2 cm³/mol. The van der Waals surface area contributed by atoms with Gasteiger partial charge in [-0.25, -0.2) is 9.97 Å². The molecule has 1 aliphatic rings. The van der Waals surface area contributed by atoms with Crippen LogP contribution in [0, 0.1) is 5.92 Å². The molecule has 1 aromatic heterocycles. The van der Waals surface area contributed by atoms with E-state index in [1.54, 1.807) is 0 Å². The molecule has 1 heterocycles. The van der Waals surface area contributed by atoms with Crippen molar-refractivity contribution in [2.75, 3.05) is 0 Å². The number of nitrogens with zero attached hydrogens (tertiary/aromatic N) is 2. The second kappa shape index (κ2) is 3.47. The average Bonchev–Trinajstić information content (AvgIpc) is 2.95. The second-order valence-electron chi connectivity index (χ2n) is 3.84. The van der Waals surface area contributed by atoms with Crippen LogP contribution in [0.25, 0.3) is 0 Å². The van der Waals surface area contributed by atoms with Crippen LogP contribution >= 0.6 is 0 Å². The molecular formula is C10H11F3N2. The Morgan fingerprint density at radius 3 is 2.33 bits per heavy atom. The van der Waals surface area contributed by atoms with Crippen LogP contribution in [0.3, 0.4) is 0 Å². The zero-order valence-corrected chi connectivity index (χ0v) is 8.25. The fraction of sp³-hybridized carbons (Fsp3) is 0.600. The normalized spacial score (nSPS) is 25.3. The Bertz CT molecular complexity index is 345. The van der Waals surface area contributed by atoms with E-state index in [-0.39, 0.29) is 5.92 Å². The van der Waals surface area contributed by atoms with Gasteiger partial charge in [0, 0.05) is 18.3 Å². The molecule has 0 aromatic carbocycles. The number of aromatic nitrogens is 2. The van der Waals surface area contributed by atoms with Crippen molar-refractivity contribution in [2.45, 2.75) is 31.9 Å². The Morgan fingerprint density at radius 2 is 1.93 bits per heavy atom. The van der Waals surface area contributed by atoms with E-state index in [1.165, 1.54) is 0 Å². The number of hydrogen-bond acceptors (Lipinski definition) is 2. The summed E-state index contributed by atoms with van der Waals surface area (Å²) >= 11 is 0. The van der Waals surface area contributed by atoms with E-state index in [9.17, 15) is 13.2 Å². The van der Waals surface area contributed by atoms with E-state index in [2.05, 4.69) is 16.9 Å². The molecule has 1 aromatic rings. The Kier molecular flexibility index (Phi) is 2.40. The SMILES string of the molecule is CC[C@H]1C[C@@H]1c1ncc(C(F)(F)F)cn1. The number of rotatable bonds is 2. The van der Waals surface area contributed by atoms with Crippen LogP contribution in [0.5, 0.6) is 0 Å². The molecule has 2 rings (SSSR count). The Balaban J connectivity index is 2.12. The van der Waals surface area contributed by atoms with Crippen LogP contribution in [0.1, 0.15) is 37.1 Å². The highest BCUT2D eigenvalue weighted by atomic mass is 19.4. The van der Waals surface area contributed by atoms with E-state index >= 15 is 0 Å². The van der Waals surface area contributed by atoms with Crippen molar-refractivity contribution in [2.24, 2.45) is 5.92 Å². The van der Waals surface area contributed by atoms with Crippen molar-refractivity contribution in [3.05, 3.63) is 23.8 Å². The molecule has 0 aliphatic heterocycles. The lowest BCUT2D eigenvalue weighted by atomic mass is 10.2. The zero-order valence-electron chi connectivity index (χ0n) is 8.25. The molecule has 1 saturated carbocycles. The lowest BCUT2D eigenvalue weighted by Gasteiger charge is -2.05. The highest BCUT2D eigenvalue weighted by molar-refractivity contribution is 5.15. The van der Waals surface area contributed by atoms with Gasteiger partial charge in [0.15, 0.2) is 0 Å². The molecule has 1 aliphatic carbocycles. The molecular weight excluding hydrogens is 205 g/mol. The third kappa shape index (κ3) is 2.11. The van der Waals surface area contributed by atoms with Crippen molar-refractivity contribution in [3.8, 4) is 0 Å². The summed E-state index contributed by atoms with van der Waals surface area (Å²) in [5, 5.41) is 0. The predicted octanol–water partition coefficient (Wildman–Crippen LogP) is 3.01. The molecule has 0 spiro atoms. The van der Waals surface area contributed by atoms with Gasteiger partial charge in [0.25, 0.3) is 0 Å². The first-order valence-corrected chi connectivity index (χ1v) is 4.91. The van der Waals surface area contributed by atoms with Gasteiger partial charge < -0.3 is 0 Å². The van der Waals surface area contributed by atoms with Gasteiger partial charge in [0.2, 0.25) is 0 Å². The van der Waals surface area contributed by atoms with Gasteiger partial charge >= 0.3 is 6.18 Å². The minimum atomic E-state index is -4.34. The quantitative estimate of drug-likeness (QED) is 0.759. The van der Waals surface area contributed by atoms with Crippen LogP contribution < -0.4 is 0 Å². The van der Waals surface area contributed by atoms with Gasteiger partial charge in [-0.1, -0.05) is 13.3 Å². The molecule has 5 heteroatoms. The first-order chi connectivity index (χ1) is 7.02. The number of hydrogen-bond donors (Lipinski definition) is 0. The standard InChI is InChI=1S/C10H11F3N2/c1-2-6-3-8(6)9-14-4-7(5-15-9)10(11,12)13/h4-6,8H,2-3H2,1H3/t6-,8-/m0/s1. The first-order valence-electron chi connectivity index (χ1n) is 4.91. The minimum absolute atomic E-state index is 0.275. The molecule has 2 atom stereocenters. The summed E-state index contributed by atoms with van der Waals surface area (Å²) < 4.78 is 36.6. The molecule has 0 amide bonds. The summed E-state index contributed by atoms with van der Waals surface area (Å²) in [7, 11) is 0. The maximum absolute atomic E-state index is 12.2. The van der Waals surface area contributed by atoms with E-state index < -0.39 is 11.7 Å². The van der Waals surface area contributed by atoms with Gasteiger partial charge in [-0.05, 0) is 12.3 Å². The van der Waals surface area contributed by atoms with E-state index in [1.807, 2.05) is 0 Å². The minimum Gasteiger partial charge on any atom is -0.240 e. The fourth-order valence-corrected chi connectivity index (χ4v) is 1.69. The van der Waals surface area contributed by atoms with Crippen LogP contribution in [-0.4, -0.2) is 9.97 Å². The lowest BCUT2D eigenvalue weighted by molar-refractivity contribution is -0.138. The van der Waals surface area contributed by atoms with Crippen molar-refractivity contribution in [1.29, 1.82) is 0 Å². The molecule has 2 nitrogen and oxygen atoms in total. The van der Waals surface area contributed by atoms with Gasteiger partial charge in [0.05, 0.1) is 5.56 Å². The van der Waals surface area contributed by atoms with E-state index in [4.69, 9.17) is 0 Å². The monoisotopic (exact) mass is 216 g/mol. The number of alkyl halides is 3. The summed E-state index contributed by atoms with van der Waals surface area (Å²) in [5.74, 6) is 1.38. The van der Waals surface area contributed by atoms with Crippen molar-refractivity contribution in [1.82, 2.24) is 9.97 Å². The smallest absolute Gasteiger partial charge is 0.240 e. The van der Waals surface area contributed by atoms with Crippen LogP contribution in [0.2, 0.25) is 0 Å². The largest absolute Gasteiger partial charge is 0.419 e. The van der Waals surface area contributed by atoms with Gasteiger partial charge in [-0.3, -0.25) is 0 Å². The highest BCUT2D eigenvalue weighted by Gasteiger charge is 2.39. The highest BCUT2D eigenvalue weighted by Crippen LogP contribution is 2.47. The topological polar surface area (TPSA) is 25.8 Å². The summed E-state index contributed by atoms with van der Waals surface area (Å²) in [5.41, 5.74) is -0.778. The van der Waals surface area contributed by atoms with Crippen molar-refractivity contribution < 1.29 is 13.2 Å². The van der Waals surface area contributed by atoms with E-state index in [0.717, 1.165) is 25.2 Å². The Hall–Kier alpha value is -1.13. The third-order valence-electron chi connectivity index (χ3n) is 2.78. The average molecular weight is 216 g/mol. The first kappa shape index (κ1) is 10.4. The fourth-order valence-electron chi connectivity index (χ4n) is 1.69. The molecule has 0 bridgehead atoms. The Labute approximate surface area is 85.6 Å². The summed E-state index contributed by atoms with van der Waals surface area (Å²) in [6.45, 7) is 2.06. The zero-order chi connectivity index (χ0) is 11.1. The van der Waals surface area contributed by atoms with Gasteiger partial charge in [0.1, 0.15) is 5.82 Å². The lowest BCUT2D eigenvalue weighted by Crippen LogP contribution is -2.07. The van der Waals surface area contributed by atoms with Gasteiger partial charge in [-0.15, -0.1) is 0 Å². The number of halogens is 3. The molecule has 1 fully saturated rings. The van der Waals surface area contributed by atoms with Crippen molar-refractivity contribution >= 4 is 0 Å². The van der Waals surface area contributed by atoms with Crippen LogP contribution in [-0.2, 0) is 6.18 Å². The molecule has 0 unspecified atom stereocenters. The summed E-state index contributed by atoms with van der Waals surface area (Å²) in [6.07, 6.45) is -0.566. The maximum Gasteiger partial charge on any atom is 0.419 e.